The van der Waals surface area contributed by atoms with Gasteiger partial charge in [-0.05, 0) is 18.3 Å². The average Bonchev–Trinajstić information content (AvgIpc) is 2.17. The molecule has 0 spiro atoms. The summed E-state index contributed by atoms with van der Waals surface area (Å²) >= 11 is 0. The Labute approximate surface area is 87.5 Å². The fraction of sp³-hybridized carbons (Fsp3) is 1.00. The fourth-order valence-electron chi connectivity index (χ4n) is 2.13. The van der Waals surface area contributed by atoms with E-state index in [0.29, 0.717) is 18.4 Å². The third-order valence-electron chi connectivity index (χ3n) is 2.79. The first-order valence-electron chi connectivity index (χ1n) is 5.76. The number of aliphatic hydroxyl groups is 1. The molecule has 1 rings (SSSR count). The average molecular weight is 200 g/mol. The van der Waals surface area contributed by atoms with Crippen molar-refractivity contribution >= 4 is 0 Å². The van der Waals surface area contributed by atoms with Crippen LogP contribution in [-0.4, -0.2) is 49.3 Å². The zero-order chi connectivity index (χ0) is 10.4. The van der Waals surface area contributed by atoms with E-state index in [1.165, 1.54) is 0 Å². The lowest BCUT2D eigenvalue weighted by Crippen LogP contribution is -2.45. The highest BCUT2D eigenvalue weighted by Crippen LogP contribution is 2.12. The summed E-state index contributed by atoms with van der Waals surface area (Å²) in [5, 5.41) is 12.6. The Hall–Kier alpha value is -0.120. The van der Waals surface area contributed by atoms with Crippen LogP contribution in [0.5, 0.6) is 0 Å². The maximum Gasteiger partial charge on any atom is 0.0471 e. The molecular weight excluding hydrogens is 176 g/mol. The zero-order valence-electron chi connectivity index (χ0n) is 9.50. The van der Waals surface area contributed by atoms with Gasteiger partial charge in [-0.2, -0.15) is 0 Å². The Morgan fingerprint density at radius 2 is 1.93 bits per heavy atom. The van der Waals surface area contributed by atoms with E-state index in [4.69, 9.17) is 0 Å². The van der Waals surface area contributed by atoms with Crippen molar-refractivity contribution in [3.8, 4) is 0 Å². The molecule has 0 radical (unpaired) electrons. The number of piperazine rings is 1. The summed E-state index contributed by atoms with van der Waals surface area (Å²) in [4.78, 5) is 2.46. The van der Waals surface area contributed by atoms with Crippen LogP contribution in [0.1, 0.15) is 20.3 Å². The molecule has 0 aliphatic carbocycles. The van der Waals surface area contributed by atoms with Crippen molar-refractivity contribution in [2.45, 2.75) is 20.3 Å². The summed E-state index contributed by atoms with van der Waals surface area (Å²) in [6, 6.07) is 0. The predicted molar refractivity (Wildman–Crippen MR) is 59.3 cm³/mol. The molecule has 1 unspecified atom stereocenters. The van der Waals surface area contributed by atoms with Gasteiger partial charge in [-0.3, -0.25) is 0 Å². The zero-order valence-corrected chi connectivity index (χ0v) is 9.50. The third-order valence-corrected chi connectivity index (χ3v) is 2.79. The molecule has 84 valence electrons. The van der Waals surface area contributed by atoms with Crippen molar-refractivity contribution in [1.82, 2.24) is 10.2 Å². The predicted octanol–water partition coefficient (Wildman–Crippen LogP) is 0.546. The van der Waals surface area contributed by atoms with E-state index in [1.54, 1.807) is 0 Å². The molecule has 1 saturated heterocycles. The first kappa shape index (κ1) is 12.0. The topological polar surface area (TPSA) is 35.5 Å². The first-order valence-corrected chi connectivity index (χ1v) is 5.76. The Balaban J connectivity index is 2.23. The number of nitrogens with zero attached hydrogens (tertiary/aromatic N) is 1. The number of rotatable bonds is 5. The van der Waals surface area contributed by atoms with Gasteiger partial charge in [-0.25, -0.2) is 0 Å². The minimum atomic E-state index is 0.335. The minimum Gasteiger partial charge on any atom is -0.396 e. The second-order valence-electron chi connectivity index (χ2n) is 4.73. The van der Waals surface area contributed by atoms with E-state index in [2.05, 4.69) is 24.1 Å². The molecule has 1 aliphatic rings. The molecule has 3 heteroatoms. The summed E-state index contributed by atoms with van der Waals surface area (Å²) in [5.74, 6) is 1.16. The van der Waals surface area contributed by atoms with Gasteiger partial charge in [0.15, 0.2) is 0 Å². The molecule has 1 heterocycles. The van der Waals surface area contributed by atoms with Gasteiger partial charge >= 0.3 is 0 Å². The van der Waals surface area contributed by atoms with Gasteiger partial charge in [0, 0.05) is 39.3 Å². The van der Waals surface area contributed by atoms with Gasteiger partial charge in [0.05, 0.1) is 0 Å². The number of hydrogen-bond acceptors (Lipinski definition) is 3. The van der Waals surface area contributed by atoms with Crippen LogP contribution in [0.15, 0.2) is 0 Å². The normalized spacial score (nSPS) is 21.4. The van der Waals surface area contributed by atoms with Crippen LogP contribution in [-0.2, 0) is 0 Å². The minimum absolute atomic E-state index is 0.335. The molecule has 0 bridgehead atoms. The van der Waals surface area contributed by atoms with Gasteiger partial charge in [0.25, 0.3) is 0 Å². The van der Waals surface area contributed by atoms with E-state index in [-0.39, 0.29) is 0 Å². The van der Waals surface area contributed by atoms with Crippen LogP contribution >= 0.6 is 0 Å². The largest absolute Gasteiger partial charge is 0.396 e. The number of hydrogen-bond donors (Lipinski definition) is 2. The Morgan fingerprint density at radius 1 is 1.29 bits per heavy atom. The van der Waals surface area contributed by atoms with Crippen molar-refractivity contribution < 1.29 is 5.11 Å². The third kappa shape index (κ3) is 4.40. The molecule has 2 N–H and O–H groups in total. The van der Waals surface area contributed by atoms with Crippen molar-refractivity contribution in [3.63, 3.8) is 0 Å². The smallest absolute Gasteiger partial charge is 0.0471 e. The standard InChI is InChI=1S/C11H24N2O/c1-10(2)7-11(9-14)8-13-5-3-12-4-6-13/h10-12,14H,3-9H2,1-2H3. The maximum absolute atomic E-state index is 9.26. The lowest BCUT2D eigenvalue weighted by molar-refractivity contribution is 0.138. The van der Waals surface area contributed by atoms with Gasteiger partial charge in [0.1, 0.15) is 0 Å². The molecule has 1 aliphatic heterocycles. The molecule has 1 atom stereocenters. The van der Waals surface area contributed by atoms with Crippen molar-refractivity contribution in [2.24, 2.45) is 11.8 Å². The molecule has 0 saturated carbocycles. The van der Waals surface area contributed by atoms with Crippen LogP contribution in [0.4, 0.5) is 0 Å². The van der Waals surface area contributed by atoms with Crippen molar-refractivity contribution in [2.75, 3.05) is 39.3 Å². The monoisotopic (exact) mass is 200 g/mol. The van der Waals surface area contributed by atoms with E-state index >= 15 is 0 Å². The molecule has 0 amide bonds. The first-order chi connectivity index (χ1) is 6.72. The molecular formula is C11H24N2O. The van der Waals surface area contributed by atoms with Crippen LogP contribution in [0.3, 0.4) is 0 Å². The summed E-state index contributed by atoms with van der Waals surface area (Å²) in [5.41, 5.74) is 0. The number of aliphatic hydroxyl groups excluding tert-OH is 1. The van der Waals surface area contributed by atoms with Crippen LogP contribution < -0.4 is 5.32 Å². The highest BCUT2D eigenvalue weighted by Gasteiger charge is 2.16. The summed E-state index contributed by atoms with van der Waals surface area (Å²) in [6.07, 6.45) is 1.14. The van der Waals surface area contributed by atoms with Crippen molar-refractivity contribution in [3.05, 3.63) is 0 Å². The summed E-state index contributed by atoms with van der Waals surface area (Å²) in [7, 11) is 0. The Bertz CT molecular complexity index is 144. The molecule has 1 fully saturated rings. The van der Waals surface area contributed by atoms with Gasteiger partial charge < -0.3 is 15.3 Å². The van der Waals surface area contributed by atoms with Gasteiger partial charge in [-0.1, -0.05) is 13.8 Å². The molecule has 3 nitrogen and oxygen atoms in total. The van der Waals surface area contributed by atoms with Crippen LogP contribution in [0.2, 0.25) is 0 Å². The number of nitrogens with one attached hydrogen (secondary N) is 1. The van der Waals surface area contributed by atoms with E-state index in [9.17, 15) is 5.11 Å². The summed E-state index contributed by atoms with van der Waals surface area (Å²) < 4.78 is 0. The SMILES string of the molecule is CC(C)CC(CO)CN1CCNCC1. The maximum atomic E-state index is 9.26. The highest BCUT2D eigenvalue weighted by atomic mass is 16.3. The fourth-order valence-corrected chi connectivity index (χ4v) is 2.13. The van der Waals surface area contributed by atoms with E-state index < -0.39 is 0 Å². The molecule has 0 aromatic rings. The van der Waals surface area contributed by atoms with Gasteiger partial charge in [-0.15, -0.1) is 0 Å². The summed E-state index contributed by atoms with van der Waals surface area (Å²) in [6.45, 7) is 10.3. The van der Waals surface area contributed by atoms with Gasteiger partial charge in [0.2, 0.25) is 0 Å². The van der Waals surface area contributed by atoms with Crippen molar-refractivity contribution in [1.29, 1.82) is 0 Å². The quantitative estimate of drug-likeness (QED) is 0.680. The Kier molecular flexibility index (Phi) is 5.45. The molecule has 0 aromatic carbocycles. The second kappa shape index (κ2) is 6.38. The van der Waals surface area contributed by atoms with Crippen LogP contribution in [0, 0.1) is 11.8 Å². The second-order valence-corrected chi connectivity index (χ2v) is 4.73. The van der Waals surface area contributed by atoms with E-state index in [0.717, 1.165) is 39.1 Å². The van der Waals surface area contributed by atoms with Crippen LogP contribution in [0.25, 0.3) is 0 Å². The lowest BCUT2D eigenvalue weighted by Gasteiger charge is -2.30. The molecule has 0 aromatic heterocycles. The van der Waals surface area contributed by atoms with E-state index in [1.807, 2.05) is 0 Å². The lowest BCUT2D eigenvalue weighted by atomic mass is 9.97. The Morgan fingerprint density at radius 3 is 2.43 bits per heavy atom. The highest BCUT2D eigenvalue weighted by molar-refractivity contribution is 4.72. The molecule has 14 heavy (non-hydrogen) atoms.